The van der Waals surface area contributed by atoms with E-state index in [0.29, 0.717) is 12.0 Å². The molecule has 0 bridgehead atoms. The number of unbranched alkanes of at least 4 members (excludes halogenated alkanes) is 1. The molecule has 0 amide bonds. The fourth-order valence-electron chi connectivity index (χ4n) is 1.56. The second-order valence-electron chi connectivity index (χ2n) is 4.27. The normalized spacial score (nSPS) is 12.8. The van der Waals surface area contributed by atoms with E-state index in [-0.39, 0.29) is 10.9 Å². The second kappa shape index (κ2) is 6.97. The van der Waals surface area contributed by atoms with E-state index in [4.69, 9.17) is 5.73 Å². The van der Waals surface area contributed by atoms with Crippen LogP contribution in [-0.4, -0.2) is 11.8 Å². The van der Waals surface area contributed by atoms with E-state index in [9.17, 15) is 8.78 Å². The van der Waals surface area contributed by atoms with Gasteiger partial charge in [-0.3, -0.25) is 0 Å². The first-order valence-corrected chi connectivity index (χ1v) is 6.89. The van der Waals surface area contributed by atoms with Crippen LogP contribution in [0.5, 0.6) is 0 Å². The fourth-order valence-corrected chi connectivity index (χ4v) is 2.59. The summed E-state index contributed by atoms with van der Waals surface area (Å²) >= 11 is 1.24. The van der Waals surface area contributed by atoms with Crippen LogP contribution in [-0.2, 0) is 6.42 Å². The Morgan fingerprint density at radius 1 is 1.29 bits per heavy atom. The van der Waals surface area contributed by atoms with Crippen LogP contribution in [0, 0.1) is 11.6 Å². The monoisotopic (exact) mass is 259 g/mol. The van der Waals surface area contributed by atoms with Crippen LogP contribution in [0.1, 0.15) is 32.3 Å². The van der Waals surface area contributed by atoms with Gasteiger partial charge in [0.2, 0.25) is 0 Å². The lowest BCUT2D eigenvalue weighted by atomic mass is 10.1. The summed E-state index contributed by atoms with van der Waals surface area (Å²) in [4.78, 5) is 0.131. The van der Waals surface area contributed by atoms with Crippen LogP contribution in [0.3, 0.4) is 0 Å². The zero-order chi connectivity index (χ0) is 12.8. The number of halogens is 2. The van der Waals surface area contributed by atoms with E-state index >= 15 is 0 Å². The molecule has 0 aliphatic heterocycles. The fraction of sp³-hybridized carbons (Fsp3) is 0.538. The zero-order valence-corrected chi connectivity index (χ0v) is 11.1. The molecule has 2 N–H and O–H groups in total. The van der Waals surface area contributed by atoms with Gasteiger partial charge in [0.25, 0.3) is 0 Å². The summed E-state index contributed by atoms with van der Waals surface area (Å²) in [6, 6.07) is 2.69. The van der Waals surface area contributed by atoms with Crippen molar-refractivity contribution in [3.05, 3.63) is 29.3 Å². The molecule has 1 aromatic rings. The molecule has 0 saturated carbocycles. The summed E-state index contributed by atoms with van der Waals surface area (Å²) in [7, 11) is 0. The predicted octanol–water partition coefficient (Wildman–Crippen LogP) is 3.75. The van der Waals surface area contributed by atoms with Gasteiger partial charge in [-0.2, -0.15) is 0 Å². The van der Waals surface area contributed by atoms with Crippen molar-refractivity contribution in [2.24, 2.45) is 5.73 Å². The maximum atomic E-state index is 13.7. The van der Waals surface area contributed by atoms with Crippen molar-refractivity contribution in [2.75, 3.05) is 5.75 Å². The molecule has 0 aliphatic carbocycles. The van der Waals surface area contributed by atoms with Gasteiger partial charge in [-0.05, 0) is 43.2 Å². The van der Waals surface area contributed by atoms with Gasteiger partial charge in [-0.25, -0.2) is 8.78 Å². The Kier molecular flexibility index (Phi) is 5.92. The Hall–Kier alpha value is -0.610. The van der Waals surface area contributed by atoms with E-state index in [1.54, 1.807) is 0 Å². The van der Waals surface area contributed by atoms with Crippen molar-refractivity contribution in [2.45, 2.75) is 44.0 Å². The van der Waals surface area contributed by atoms with Gasteiger partial charge in [0.1, 0.15) is 11.6 Å². The van der Waals surface area contributed by atoms with Crippen LogP contribution in [0.15, 0.2) is 17.0 Å². The molecule has 4 heteroatoms. The summed E-state index contributed by atoms with van der Waals surface area (Å²) in [6.07, 6.45) is 2.48. The highest BCUT2D eigenvalue weighted by Gasteiger charge is 2.12. The quantitative estimate of drug-likeness (QED) is 0.622. The molecule has 0 aliphatic rings. The summed E-state index contributed by atoms with van der Waals surface area (Å²) in [6.45, 7) is 3.87. The number of nitrogens with two attached hydrogens (primary N) is 1. The van der Waals surface area contributed by atoms with Crippen LogP contribution in [0.4, 0.5) is 8.78 Å². The Bertz CT molecular complexity index is 343. The maximum absolute atomic E-state index is 13.7. The third-order valence-corrected chi connectivity index (χ3v) is 3.53. The van der Waals surface area contributed by atoms with Gasteiger partial charge >= 0.3 is 0 Å². The minimum absolute atomic E-state index is 0.0904. The van der Waals surface area contributed by atoms with E-state index in [1.807, 2.05) is 6.92 Å². The molecule has 1 unspecified atom stereocenters. The Labute approximate surface area is 106 Å². The van der Waals surface area contributed by atoms with E-state index in [0.717, 1.165) is 18.6 Å². The molecule has 96 valence electrons. The van der Waals surface area contributed by atoms with Gasteiger partial charge < -0.3 is 5.73 Å². The second-order valence-corrected chi connectivity index (χ2v) is 5.38. The van der Waals surface area contributed by atoms with Crippen molar-refractivity contribution in [1.29, 1.82) is 0 Å². The molecule has 1 rings (SSSR count). The standard InChI is InChI=1S/C13H19F2NS/c1-3-4-5-17-13-11(14)7-10(6-9(2)16)8-12(13)15/h7-9H,3-6,16H2,1-2H3. The highest BCUT2D eigenvalue weighted by molar-refractivity contribution is 7.99. The first-order valence-electron chi connectivity index (χ1n) is 5.91. The summed E-state index contributed by atoms with van der Waals surface area (Å²) in [5.41, 5.74) is 6.23. The first kappa shape index (κ1) is 14.5. The van der Waals surface area contributed by atoms with Crippen LogP contribution >= 0.6 is 11.8 Å². The van der Waals surface area contributed by atoms with Gasteiger partial charge in [0.15, 0.2) is 0 Å². The number of thioether (sulfide) groups is 1. The number of hydrogen-bond donors (Lipinski definition) is 1. The van der Waals surface area contributed by atoms with E-state index in [1.165, 1.54) is 23.9 Å². The molecule has 0 aromatic heterocycles. The smallest absolute Gasteiger partial charge is 0.140 e. The molecule has 1 atom stereocenters. The minimum Gasteiger partial charge on any atom is -0.328 e. The van der Waals surface area contributed by atoms with Gasteiger partial charge in [-0.15, -0.1) is 11.8 Å². The predicted molar refractivity (Wildman–Crippen MR) is 69.3 cm³/mol. The topological polar surface area (TPSA) is 26.0 Å². The summed E-state index contributed by atoms with van der Waals surface area (Å²) in [5, 5.41) is 0. The van der Waals surface area contributed by atoms with Crippen LogP contribution in [0.25, 0.3) is 0 Å². The molecule has 0 heterocycles. The molecular formula is C13H19F2NS. The summed E-state index contributed by atoms with van der Waals surface area (Å²) in [5.74, 6) is -0.194. The largest absolute Gasteiger partial charge is 0.328 e. The van der Waals surface area contributed by atoms with Crippen LogP contribution in [0.2, 0.25) is 0 Å². The Balaban J connectivity index is 2.79. The van der Waals surface area contributed by atoms with Crippen molar-refractivity contribution in [3.8, 4) is 0 Å². The number of benzene rings is 1. The molecule has 0 fully saturated rings. The molecule has 1 aromatic carbocycles. The Morgan fingerprint density at radius 2 is 1.88 bits per heavy atom. The van der Waals surface area contributed by atoms with Crippen LogP contribution < -0.4 is 5.73 Å². The third-order valence-electron chi connectivity index (χ3n) is 2.36. The molecule has 0 saturated heterocycles. The lowest BCUT2D eigenvalue weighted by Crippen LogP contribution is -2.18. The molecular weight excluding hydrogens is 240 g/mol. The molecule has 1 nitrogen and oxygen atoms in total. The zero-order valence-electron chi connectivity index (χ0n) is 10.3. The van der Waals surface area contributed by atoms with E-state index < -0.39 is 11.6 Å². The van der Waals surface area contributed by atoms with Gasteiger partial charge in [-0.1, -0.05) is 13.3 Å². The number of rotatable bonds is 6. The number of hydrogen-bond acceptors (Lipinski definition) is 2. The lowest BCUT2D eigenvalue weighted by molar-refractivity contribution is 0.535. The highest BCUT2D eigenvalue weighted by atomic mass is 32.2. The average molecular weight is 259 g/mol. The summed E-state index contributed by atoms with van der Waals surface area (Å²) < 4.78 is 27.4. The minimum atomic E-state index is -0.471. The molecule has 0 radical (unpaired) electrons. The molecule has 17 heavy (non-hydrogen) atoms. The SMILES string of the molecule is CCCCSc1c(F)cc(CC(C)N)cc1F. The maximum Gasteiger partial charge on any atom is 0.140 e. The molecule has 0 spiro atoms. The van der Waals surface area contributed by atoms with Crippen molar-refractivity contribution < 1.29 is 8.78 Å². The highest BCUT2D eigenvalue weighted by Crippen LogP contribution is 2.27. The van der Waals surface area contributed by atoms with Crippen molar-refractivity contribution >= 4 is 11.8 Å². The van der Waals surface area contributed by atoms with Crippen molar-refractivity contribution in [1.82, 2.24) is 0 Å². The first-order chi connectivity index (χ1) is 8.04. The van der Waals surface area contributed by atoms with Gasteiger partial charge in [0.05, 0.1) is 4.90 Å². The van der Waals surface area contributed by atoms with Crippen molar-refractivity contribution in [3.63, 3.8) is 0 Å². The third kappa shape index (κ3) is 4.64. The Morgan fingerprint density at radius 3 is 2.35 bits per heavy atom. The average Bonchev–Trinajstić information content (AvgIpc) is 2.21. The van der Waals surface area contributed by atoms with E-state index in [2.05, 4.69) is 6.92 Å². The van der Waals surface area contributed by atoms with Gasteiger partial charge in [0, 0.05) is 6.04 Å². The lowest BCUT2D eigenvalue weighted by Gasteiger charge is -2.09.